The molecule has 0 heterocycles. The first kappa shape index (κ1) is 23.5. The molecule has 0 amide bonds. The highest BCUT2D eigenvalue weighted by Gasteiger charge is 1.93. The summed E-state index contributed by atoms with van der Waals surface area (Å²) in [5.74, 6) is -0.161. The van der Waals surface area contributed by atoms with Gasteiger partial charge in [0.25, 0.3) is 0 Å². The van der Waals surface area contributed by atoms with E-state index in [9.17, 15) is 4.79 Å². The van der Waals surface area contributed by atoms with Gasteiger partial charge in [0.1, 0.15) is 0 Å². The lowest BCUT2D eigenvalue weighted by Gasteiger charge is -2.01. The second-order valence-electron chi connectivity index (χ2n) is 4.24. The minimum absolute atomic E-state index is 0. The van der Waals surface area contributed by atoms with E-state index in [1.807, 2.05) is 13.8 Å². The number of ether oxygens (including phenoxy) is 2. The molecule has 0 saturated heterocycles. The van der Waals surface area contributed by atoms with Gasteiger partial charge in [-0.25, -0.2) is 0 Å². The van der Waals surface area contributed by atoms with Crippen molar-refractivity contribution in [2.45, 2.75) is 72.6 Å². The molecule has 0 aliphatic rings. The highest BCUT2D eigenvalue weighted by molar-refractivity contribution is 5.65. The van der Waals surface area contributed by atoms with Gasteiger partial charge in [0.05, 0.1) is 6.61 Å². The van der Waals surface area contributed by atoms with Crippen molar-refractivity contribution >= 4 is 5.97 Å². The van der Waals surface area contributed by atoms with Crippen LogP contribution in [0.15, 0.2) is 0 Å². The number of esters is 1. The fraction of sp³-hybridized carbons (Fsp3) is 0.933. The van der Waals surface area contributed by atoms with E-state index in [0.717, 1.165) is 19.6 Å². The normalized spacial score (nSPS) is 9.05. The van der Waals surface area contributed by atoms with Gasteiger partial charge in [-0.3, -0.25) is 4.79 Å². The highest BCUT2D eigenvalue weighted by atomic mass is 16.5. The van der Waals surface area contributed by atoms with Gasteiger partial charge in [0.15, 0.2) is 0 Å². The quantitative estimate of drug-likeness (QED) is 0.471. The average molecular weight is 277 g/mol. The van der Waals surface area contributed by atoms with Crippen LogP contribution in [-0.4, -0.2) is 25.8 Å². The minimum Gasteiger partial charge on any atom is -0.466 e. The maximum atomic E-state index is 10.4. The summed E-state index contributed by atoms with van der Waals surface area (Å²) in [6.07, 6.45) is 8.82. The number of hydrogen-bond acceptors (Lipinski definition) is 4. The third-order valence-corrected chi connectivity index (χ3v) is 2.46. The van der Waals surface area contributed by atoms with E-state index in [-0.39, 0.29) is 12.1 Å². The van der Waals surface area contributed by atoms with Gasteiger partial charge in [-0.1, -0.05) is 45.4 Å². The number of unbranched alkanes of at least 4 members (excludes halogenated alkanes) is 6. The molecule has 0 atom stereocenters. The molecule has 0 fully saturated rings. The van der Waals surface area contributed by atoms with Crippen molar-refractivity contribution in [1.29, 1.82) is 0 Å². The van der Waals surface area contributed by atoms with E-state index in [0.29, 0.717) is 6.61 Å². The molecular weight excluding hydrogens is 242 g/mol. The van der Waals surface area contributed by atoms with Crippen LogP contribution < -0.4 is 6.15 Å². The smallest absolute Gasteiger partial charge is 0.302 e. The zero-order chi connectivity index (χ0) is 14.1. The van der Waals surface area contributed by atoms with Crippen LogP contribution in [0, 0.1) is 0 Å². The van der Waals surface area contributed by atoms with E-state index in [4.69, 9.17) is 9.47 Å². The van der Waals surface area contributed by atoms with Crippen LogP contribution in [0.4, 0.5) is 0 Å². The van der Waals surface area contributed by atoms with Gasteiger partial charge in [0.2, 0.25) is 0 Å². The molecule has 3 N–H and O–H groups in total. The maximum absolute atomic E-state index is 10.4. The van der Waals surface area contributed by atoms with E-state index in [1.54, 1.807) is 0 Å². The Balaban J connectivity index is -0.000000366. The molecule has 118 valence electrons. The van der Waals surface area contributed by atoms with Crippen LogP contribution in [0.2, 0.25) is 0 Å². The summed E-state index contributed by atoms with van der Waals surface area (Å²) >= 11 is 0. The Bertz CT molecular complexity index is 161. The molecule has 0 radical (unpaired) electrons. The summed E-state index contributed by atoms with van der Waals surface area (Å²) < 4.78 is 9.66. The Morgan fingerprint density at radius 1 is 0.842 bits per heavy atom. The topological polar surface area (TPSA) is 70.5 Å². The molecule has 0 aromatic carbocycles. The second-order valence-corrected chi connectivity index (χ2v) is 4.24. The van der Waals surface area contributed by atoms with Crippen molar-refractivity contribution in [3.63, 3.8) is 0 Å². The molecule has 4 nitrogen and oxygen atoms in total. The fourth-order valence-corrected chi connectivity index (χ4v) is 1.48. The minimum atomic E-state index is -0.161. The molecule has 0 unspecified atom stereocenters. The van der Waals surface area contributed by atoms with E-state index in [1.165, 1.54) is 45.4 Å². The predicted molar refractivity (Wildman–Crippen MR) is 81.8 cm³/mol. The Kier molecular flexibility index (Phi) is 27.9. The SMILES string of the molecule is CCCCCCCCCOC(C)=O.CCOCC.N. The number of rotatable bonds is 10. The van der Waals surface area contributed by atoms with Crippen LogP contribution >= 0.6 is 0 Å². The molecule has 4 heteroatoms. The average Bonchev–Trinajstić information content (AvgIpc) is 2.34. The van der Waals surface area contributed by atoms with Crippen molar-refractivity contribution in [3.8, 4) is 0 Å². The Morgan fingerprint density at radius 3 is 1.68 bits per heavy atom. The Hall–Kier alpha value is -0.610. The highest BCUT2D eigenvalue weighted by Crippen LogP contribution is 2.06. The van der Waals surface area contributed by atoms with Gasteiger partial charge in [-0.2, -0.15) is 0 Å². The van der Waals surface area contributed by atoms with Crippen LogP contribution in [0.1, 0.15) is 72.6 Å². The lowest BCUT2D eigenvalue weighted by molar-refractivity contribution is -0.141. The van der Waals surface area contributed by atoms with E-state index < -0.39 is 0 Å². The summed E-state index contributed by atoms with van der Waals surface area (Å²) in [7, 11) is 0. The number of hydrogen-bond donors (Lipinski definition) is 1. The standard InChI is InChI=1S/C11H22O2.C4H10O.H3N/c1-3-4-5-6-7-8-9-10-13-11(2)12;1-3-5-4-2;/h3-10H2,1-2H3;3-4H2,1-2H3;1H3. The molecule has 0 rings (SSSR count). The third kappa shape index (κ3) is 31.7. The molecule has 0 aromatic rings. The molecule has 0 aliphatic heterocycles. The monoisotopic (exact) mass is 277 g/mol. The molecule has 0 spiro atoms. The first-order chi connectivity index (χ1) is 8.68. The van der Waals surface area contributed by atoms with Gasteiger partial charge < -0.3 is 15.6 Å². The molecular formula is C15H35NO3. The van der Waals surface area contributed by atoms with Gasteiger partial charge in [-0.05, 0) is 20.3 Å². The van der Waals surface area contributed by atoms with Crippen molar-refractivity contribution in [2.75, 3.05) is 19.8 Å². The van der Waals surface area contributed by atoms with Gasteiger partial charge in [-0.15, -0.1) is 0 Å². The summed E-state index contributed by atoms with van der Waals surface area (Å²) in [6.45, 7) is 9.95. The lowest BCUT2D eigenvalue weighted by Crippen LogP contribution is -1.99. The van der Waals surface area contributed by atoms with Crippen molar-refractivity contribution in [3.05, 3.63) is 0 Å². The third-order valence-electron chi connectivity index (χ3n) is 2.46. The first-order valence-electron chi connectivity index (χ1n) is 7.40. The van der Waals surface area contributed by atoms with Gasteiger partial charge in [0, 0.05) is 20.1 Å². The van der Waals surface area contributed by atoms with Gasteiger partial charge >= 0.3 is 5.97 Å². The van der Waals surface area contributed by atoms with Crippen molar-refractivity contribution < 1.29 is 14.3 Å². The van der Waals surface area contributed by atoms with Crippen LogP contribution in [0.25, 0.3) is 0 Å². The Morgan fingerprint density at radius 2 is 1.32 bits per heavy atom. The van der Waals surface area contributed by atoms with Crippen LogP contribution in [0.3, 0.4) is 0 Å². The fourth-order valence-electron chi connectivity index (χ4n) is 1.48. The predicted octanol–water partition coefficient (Wildman–Crippen LogP) is 4.50. The first-order valence-corrected chi connectivity index (χ1v) is 7.40. The van der Waals surface area contributed by atoms with Crippen molar-refractivity contribution in [1.82, 2.24) is 6.15 Å². The van der Waals surface area contributed by atoms with E-state index >= 15 is 0 Å². The molecule has 0 aromatic heterocycles. The molecule has 0 bridgehead atoms. The lowest BCUT2D eigenvalue weighted by atomic mass is 10.1. The second kappa shape index (κ2) is 22.6. The summed E-state index contributed by atoms with van der Waals surface area (Å²) in [5, 5.41) is 0. The molecule has 19 heavy (non-hydrogen) atoms. The largest absolute Gasteiger partial charge is 0.466 e. The molecule has 0 saturated carbocycles. The van der Waals surface area contributed by atoms with Crippen LogP contribution in [0.5, 0.6) is 0 Å². The summed E-state index contributed by atoms with van der Waals surface area (Å²) in [4.78, 5) is 10.4. The zero-order valence-corrected chi connectivity index (χ0v) is 13.5. The number of carbonyl (C=O) groups excluding carboxylic acids is 1. The van der Waals surface area contributed by atoms with Crippen molar-refractivity contribution in [2.24, 2.45) is 0 Å². The van der Waals surface area contributed by atoms with Crippen LogP contribution in [-0.2, 0) is 14.3 Å². The summed E-state index contributed by atoms with van der Waals surface area (Å²) in [5.41, 5.74) is 0. The Labute approximate surface area is 119 Å². The zero-order valence-electron chi connectivity index (χ0n) is 13.5. The maximum Gasteiger partial charge on any atom is 0.302 e. The molecule has 0 aliphatic carbocycles. The van der Waals surface area contributed by atoms with E-state index in [2.05, 4.69) is 6.92 Å². The number of carbonyl (C=O) groups is 1. The summed E-state index contributed by atoms with van der Waals surface area (Å²) in [6, 6.07) is 0.